The molecule has 1 saturated heterocycles. The second-order valence-corrected chi connectivity index (χ2v) is 8.75. The van der Waals surface area contributed by atoms with Crippen LogP contribution in [0.2, 0.25) is 0 Å². The summed E-state index contributed by atoms with van der Waals surface area (Å²) in [6, 6.07) is 7.37. The zero-order valence-corrected chi connectivity index (χ0v) is 19.2. The molecule has 0 saturated carbocycles. The molecule has 10 heteroatoms. The van der Waals surface area contributed by atoms with Gasteiger partial charge in [-0.1, -0.05) is 19.1 Å². The topological polar surface area (TPSA) is 90.8 Å². The maximum atomic E-state index is 13.1. The van der Waals surface area contributed by atoms with Crippen LogP contribution < -0.4 is 5.32 Å². The van der Waals surface area contributed by atoms with Gasteiger partial charge in [0, 0.05) is 45.8 Å². The lowest BCUT2D eigenvalue weighted by atomic mass is 9.96. The highest BCUT2D eigenvalue weighted by Gasteiger charge is 2.46. The Kier molecular flexibility index (Phi) is 6.20. The standard InChI is InChI=1S/C23H29FN6O3/c1-4-28-9-11-29(12-10-28)20(31)18-13-19-21(32)27(3)23(2,15-30(19)26-18)22(33)25-14-16-5-7-17(24)8-6-16/h5-8,13H,4,9-12,14-15H2,1-3H3,(H,25,33). The lowest BCUT2D eigenvalue weighted by Gasteiger charge is -2.40. The minimum absolute atomic E-state index is 0.122. The number of benzene rings is 1. The van der Waals surface area contributed by atoms with Crippen LogP contribution in [0, 0.1) is 5.82 Å². The number of halogens is 1. The van der Waals surface area contributed by atoms with E-state index in [2.05, 4.69) is 22.2 Å². The maximum Gasteiger partial charge on any atom is 0.274 e. The molecule has 3 amide bonds. The predicted octanol–water partition coefficient (Wildman–Crippen LogP) is 0.961. The minimum Gasteiger partial charge on any atom is -0.350 e. The van der Waals surface area contributed by atoms with Gasteiger partial charge in [-0.2, -0.15) is 5.10 Å². The second kappa shape index (κ2) is 8.93. The Morgan fingerprint density at radius 2 is 1.82 bits per heavy atom. The normalized spacial score (nSPS) is 21.2. The molecule has 0 aliphatic carbocycles. The summed E-state index contributed by atoms with van der Waals surface area (Å²) in [4.78, 5) is 44.5. The number of hydrogen-bond donors (Lipinski definition) is 1. The van der Waals surface area contributed by atoms with Crippen LogP contribution in [0.5, 0.6) is 0 Å². The lowest BCUT2D eigenvalue weighted by Crippen LogP contribution is -2.62. The van der Waals surface area contributed by atoms with Gasteiger partial charge in [-0.3, -0.25) is 19.1 Å². The second-order valence-electron chi connectivity index (χ2n) is 8.75. The van der Waals surface area contributed by atoms with Crippen molar-refractivity contribution < 1.29 is 18.8 Å². The average molecular weight is 457 g/mol. The zero-order valence-electron chi connectivity index (χ0n) is 19.2. The van der Waals surface area contributed by atoms with Crippen LogP contribution in [0.1, 0.15) is 40.4 Å². The third kappa shape index (κ3) is 4.35. The van der Waals surface area contributed by atoms with Crippen LogP contribution in [0.3, 0.4) is 0 Å². The molecular formula is C23H29FN6O3. The SMILES string of the molecule is CCN1CCN(C(=O)c2cc3n(n2)CC(C)(C(=O)NCc2ccc(F)cc2)N(C)C3=O)CC1. The van der Waals surface area contributed by atoms with E-state index in [0.717, 1.165) is 25.2 Å². The molecule has 2 aromatic rings. The molecule has 1 fully saturated rings. The number of piperazine rings is 1. The highest BCUT2D eigenvalue weighted by molar-refractivity contribution is 6.01. The molecule has 176 valence electrons. The van der Waals surface area contributed by atoms with E-state index in [1.807, 2.05) is 0 Å². The predicted molar refractivity (Wildman–Crippen MR) is 119 cm³/mol. The van der Waals surface area contributed by atoms with E-state index in [-0.39, 0.29) is 48.0 Å². The summed E-state index contributed by atoms with van der Waals surface area (Å²) in [5.74, 6) is -1.28. The molecule has 0 bridgehead atoms. The van der Waals surface area contributed by atoms with Gasteiger partial charge >= 0.3 is 0 Å². The van der Waals surface area contributed by atoms with Crippen molar-refractivity contribution in [2.75, 3.05) is 39.8 Å². The first-order chi connectivity index (χ1) is 15.7. The fourth-order valence-electron chi connectivity index (χ4n) is 4.24. The number of likely N-dealkylation sites (N-methyl/N-ethyl adjacent to an activating group) is 2. The van der Waals surface area contributed by atoms with Crippen LogP contribution in [-0.2, 0) is 17.9 Å². The van der Waals surface area contributed by atoms with Crippen LogP contribution >= 0.6 is 0 Å². The largest absolute Gasteiger partial charge is 0.350 e. The van der Waals surface area contributed by atoms with Gasteiger partial charge < -0.3 is 20.0 Å². The Bertz CT molecular complexity index is 1060. The number of nitrogens with zero attached hydrogens (tertiary/aromatic N) is 5. The number of amides is 3. The number of fused-ring (bicyclic) bond motifs is 1. The molecule has 2 aliphatic heterocycles. The lowest BCUT2D eigenvalue weighted by molar-refractivity contribution is -0.132. The highest BCUT2D eigenvalue weighted by Crippen LogP contribution is 2.26. The summed E-state index contributed by atoms with van der Waals surface area (Å²) >= 11 is 0. The molecule has 1 atom stereocenters. The number of nitrogens with one attached hydrogen (secondary N) is 1. The van der Waals surface area contributed by atoms with E-state index in [1.165, 1.54) is 27.8 Å². The quantitative estimate of drug-likeness (QED) is 0.724. The van der Waals surface area contributed by atoms with Gasteiger partial charge in [0.2, 0.25) is 5.91 Å². The Labute approximate surface area is 192 Å². The molecule has 1 N–H and O–H groups in total. The average Bonchev–Trinajstić information content (AvgIpc) is 3.25. The van der Waals surface area contributed by atoms with Crippen molar-refractivity contribution in [1.29, 1.82) is 0 Å². The fraction of sp³-hybridized carbons (Fsp3) is 0.478. The third-order valence-electron chi connectivity index (χ3n) is 6.68. The smallest absolute Gasteiger partial charge is 0.274 e. The summed E-state index contributed by atoms with van der Waals surface area (Å²) in [5.41, 5.74) is 0.0573. The van der Waals surface area contributed by atoms with E-state index < -0.39 is 5.54 Å². The van der Waals surface area contributed by atoms with Crippen molar-refractivity contribution in [3.63, 3.8) is 0 Å². The van der Waals surface area contributed by atoms with Gasteiger partial charge in [0.25, 0.3) is 11.8 Å². The Balaban J connectivity index is 1.48. The molecule has 2 aliphatic rings. The van der Waals surface area contributed by atoms with Crippen molar-refractivity contribution in [3.8, 4) is 0 Å². The first-order valence-electron chi connectivity index (χ1n) is 11.1. The number of carbonyl (C=O) groups excluding carboxylic acids is 3. The van der Waals surface area contributed by atoms with E-state index in [1.54, 1.807) is 31.0 Å². The van der Waals surface area contributed by atoms with Crippen molar-refractivity contribution in [1.82, 2.24) is 29.8 Å². The van der Waals surface area contributed by atoms with Gasteiger partial charge in [-0.05, 0) is 31.2 Å². The van der Waals surface area contributed by atoms with Gasteiger partial charge in [-0.15, -0.1) is 0 Å². The van der Waals surface area contributed by atoms with E-state index in [4.69, 9.17) is 0 Å². The Hall–Kier alpha value is -3.27. The van der Waals surface area contributed by atoms with E-state index >= 15 is 0 Å². The number of hydrogen-bond acceptors (Lipinski definition) is 5. The molecule has 4 rings (SSSR count). The first kappa shape index (κ1) is 22.9. The zero-order chi connectivity index (χ0) is 23.8. The van der Waals surface area contributed by atoms with Crippen molar-refractivity contribution >= 4 is 17.7 Å². The monoisotopic (exact) mass is 456 g/mol. The maximum absolute atomic E-state index is 13.1. The summed E-state index contributed by atoms with van der Waals surface area (Å²) in [6.45, 7) is 7.89. The summed E-state index contributed by atoms with van der Waals surface area (Å²) in [5, 5.41) is 7.22. The number of carbonyl (C=O) groups is 3. The van der Waals surface area contributed by atoms with Gasteiger partial charge in [0.05, 0.1) is 6.54 Å². The fourth-order valence-corrected chi connectivity index (χ4v) is 4.24. The van der Waals surface area contributed by atoms with Crippen molar-refractivity contribution in [2.24, 2.45) is 0 Å². The highest BCUT2D eigenvalue weighted by atomic mass is 19.1. The number of aromatic nitrogens is 2. The van der Waals surface area contributed by atoms with Crippen LogP contribution in [0.4, 0.5) is 4.39 Å². The van der Waals surface area contributed by atoms with E-state index in [9.17, 15) is 18.8 Å². The summed E-state index contributed by atoms with van der Waals surface area (Å²) in [7, 11) is 1.57. The molecule has 1 aromatic carbocycles. The van der Waals surface area contributed by atoms with Gasteiger partial charge in [-0.25, -0.2) is 4.39 Å². The molecule has 33 heavy (non-hydrogen) atoms. The molecular weight excluding hydrogens is 427 g/mol. The molecule has 1 aromatic heterocycles. The van der Waals surface area contributed by atoms with Crippen LogP contribution in [0.25, 0.3) is 0 Å². The Morgan fingerprint density at radius 3 is 2.45 bits per heavy atom. The molecule has 3 heterocycles. The first-order valence-corrected chi connectivity index (χ1v) is 11.1. The van der Waals surface area contributed by atoms with E-state index in [0.29, 0.717) is 13.1 Å². The Morgan fingerprint density at radius 1 is 1.15 bits per heavy atom. The summed E-state index contributed by atoms with van der Waals surface area (Å²) < 4.78 is 14.6. The van der Waals surface area contributed by atoms with Crippen LogP contribution in [0.15, 0.2) is 30.3 Å². The van der Waals surface area contributed by atoms with Gasteiger partial charge in [0.1, 0.15) is 17.1 Å². The van der Waals surface area contributed by atoms with Crippen molar-refractivity contribution in [3.05, 3.63) is 53.1 Å². The van der Waals surface area contributed by atoms with Crippen molar-refractivity contribution in [2.45, 2.75) is 32.5 Å². The number of rotatable bonds is 5. The molecule has 9 nitrogen and oxygen atoms in total. The third-order valence-corrected chi connectivity index (χ3v) is 6.68. The van der Waals surface area contributed by atoms with Gasteiger partial charge in [0.15, 0.2) is 5.69 Å². The minimum atomic E-state index is -1.19. The molecule has 0 spiro atoms. The summed E-state index contributed by atoms with van der Waals surface area (Å²) in [6.07, 6.45) is 0. The molecule has 1 unspecified atom stereocenters. The van der Waals surface area contributed by atoms with Crippen LogP contribution in [-0.4, -0.2) is 87.5 Å². The molecule has 0 radical (unpaired) electrons.